The summed E-state index contributed by atoms with van der Waals surface area (Å²) < 4.78 is 1.46. The zero-order valence-electron chi connectivity index (χ0n) is 28.3. The number of piperazine rings is 1. The molecule has 15 heteroatoms. The molecule has 0 saturated carbocycles. The number of halogens is 2. The van der Waals surface area contributed by atoms with Crippen LogP contribution in [-0.4, -0.2) is 107 Å². The van der Waals surface area contributed by atoms with Crippen LogP contribution in [0.1, 0.15) is 46.2 Å². The fourth-order valence-electron chi connectivity index (χ4n) is 7.00. The number of benzene rings is 3. The molecule has 3 aliphatic heterocycles. The predicted octanol–water partition coefficient (Wildman–Crippen LogP) is 5.54. The van der Waals surface area contributed by atoms with Gasteiger partial charge >= 0.3 is 12.1 Å². The summed E-state index contributed by atoms with van der Waals surface area (Å²) in [7, 11) is 2.06. The molecule has 0 aliphatic carbocycles. The molecule has 0 unspecified atom stereocenters. The van der Waals surface area contributed by atoms with Crippen LogP contribution in [0.25, 0.3) is 11.0 Å². The summed E-state index contributed by atoms with van der Waals surface area (Å²) in [6, 6.07) is 16.5. The van der Waals surface area contributed by atoms with Gasteiger partial charge in [0.2, 0.25) is 0 Å². The van der Waals surface area contributed by atoms with Crippen molar-refractivity contribution >= 4 is 72.3 Å². The van der Waals surface area contributed by atoms with Crippen LogP contribution in [0.15, 0.2) is 63.5 Å². The topological polar surface area (TPSA) is 152 Å². The van der Waals surface area contributed by atoms with E-state index < -0.39 is 12.1 Å². The van der Waals surface area contributed by atoms with Crippen molar-refractivity contribution in [3.05, 3.63) is 86.1 Å². The van der Waals surface area contributed by atoms with Gasteiger partial charge in [-0.1, -0.05) is 18.2 Å². The second kappa shape index (κ2) is 15.2. The molecule has 51 heavy (non-hydrogen) atoms. The van der Waals surface area contributed by atoms with Crippen molar-refractivity contribution in [3.63, 3.8) is 0 Å². The highest BCUT2D eigenvalue weighted by Crippen LogP contribution is 2.32. The number of carbonyl (C=O) groups excluding carboxylic acids is 3. The minimum absolute atomic E-state index is 0.0127. The molecule has 3 aromatic carbocycles. The molecule has 4 aromatic rings. The number of nitrogen functional groups attached to an aromatic ring is 1. The van der Waals surface area contributed by atoms with Crippen molar-refractivity contribution in [2.45, 2.75) is 37.8 Å². The minimum Gasteiger partial charge on any atom is -0.397 e. The van der Waals surface area contributed by atoms with Crippen LogP contribution in [0.2, 0.25) is 0 Å². The summed E-state index contributed by atoms with van der Waals surface area (Å²) in [4.78, 5) is 59.8. The van der Waals surface area contributed by atoms with E-state index in [1.165, 1.54) is 0 Å². The summed E-state index contributed by atoms with van der Waals surface area (Å²) in [5.74, 6) is 0.517. The fourth-order valence-corrected chi connectivity index (χ4v) is 8.28. The number of aromatic amines is 1. The number of nitrogens with one attached hydrogen (secondary N) is 3. The first-order valence-electron chi connectivity index (χ1n) is 17.2. The summed E-state index contributed by atoms with van der Waals surface area (Å²) in [5, 5.41) is 7.73. The Morgan fingerprint density at radius 1 is 1.00 bits per heavy atom. The van der Waals surface area contributed by atoms with E-state index in [2.05, 4.69) is 59.4 Å². The normalized spacial score (nSPS) is 18.2. The summed E-state index contributed by atoms with van der Waals surface area (Å²) in [6.07, 6.45) is 1.90. The molecule has 5 N–H and O–H groups in total. The van der Waals surface area contributed by atoms with Crippen molar-refractivity contribution in [1.29, 1.82) is 0 Å². The number of imidazole rings is 1. The van der Waals surface area contributed by atoms with Gasteiger partial charge in [-0.3, -0.25) is 4.79 Å². The van der Waals surface area contributed by atoms with Crippen LogP contribution in [0.3, 0.4) is 0 Å². The molecule has 13 nitrogen and oxygen atoms in total. The Morgan fingerprint density at radius 3 is 2.47 bits per heavy atom. The third-order valence-electron chi connectivity index (χ3n) is 9.96. The number of fused-ring (bicyclic) bond motifs is 2. The average molecular weight is 824 g/mol. The Hall–Kier alpha value is -4.18. The minimum atomic E-state index is -0.610. The van der Waals surface area contributed by atoms with Gasteiger partial charge in [-0.05, 0) is 106 Å². The van der Waals surface area contributed by atoms with E-state index in [-0.39, 0.29) is 18.0 Å². The van der Waals surface area contributed by atoms with Gasteiger partial charge in [0.25, 0.3) is 5.91 Å². The molecule has 4 amide bonds. The van der Waals surface area contributed by atoms with Crippen molar-refractivity contribution in [2.75, 3.05) is 63.9 Å². The van der Waals surface area contributed by atoms with Gasteiger partial charge in [-0.2, -0.15) is 0 Å². The molecule has 2 fully saturated rings. The molecular weight excluding hydrogens is 782 g/mol. The zero-order chi connectivity index (χ0) is 35.6. The lowest BCUT2D eigenvalue weighted by Crippen LogP contribution is -2.49. The van der Waals surface area contributed by atoms with Gasteiger partial charge in [-0.15, -0.1) is 5.06 Å². The highest BCUT2D eigenvalue weighted by atomic mass is 79.9. The third kappa shape index (κ3) is 8.01. The van der Waals surface area contributed by atoms with E-state index >= 15 is 0 Å². The first-order valence-corrected chi connectivity index (χ1v) is 18.8. The molecule has 1 aromatic heterocycles. The molecule has 1 atom stereocenters. The Bertz CT molecular complexity index is 1920. The van der Waals surface area contributed by atoms with E-state index in [0.29, 0.717) is 80.1 Å². The van der Waals surface area contributed by atoms with E-state index in [9.17, 15) is 14.4 Å². The summed E-state index contributed by atoms with van der Waals surface area (Å²) >= 11 is 7.06. The number of carbonyl (C=O) groups is 3. The second-order valence-corrected chi connectivity index (χ2v) is 15.1. The molecule has 0 bridgehead atoms. The third-order valence-corrected chi connectivity index (χ3v) is 11.3. The Morgan fingerprint density at radius 2 is 1.73 bits per heavy atom. The fraction of sp³-hybridized carbons (Fsp3) is 0.389. The maximum absolute atomic E-state index is 13.5. The number of para-hydroxylation sites is 1. The number of aromatic nitrogens is 2. The number of urea groups is 1. The van der Waals surface area contributed by atoms with E-state index in [4.69, 9.17) is 15.6 Å². The number of amides is 4. The van der Waals surface area contributed by atoms with E-state index in [1.54, 1.807) is 11.1 Å². The van der Waals surface area contributed by atoms with Crippen LogP contribution in [-0.2, 0) is 17.7 Å². The summed E-state index contributed by atoms with van der Waals surface area (Å²) in [6.45, 7) is 4.66. The molecule has 268 valence electrons. The standard InChI is InChI=1S/C36H41Br2N9O4/c1-44-14-16-45(17-15-44)34(48)24-6-7-29-30(21-24)41-33(40-29)31(20-22-18-26(37)32(39)27(38)19-22)43-36(50)51-46-11-9-25(10-12-46)47-13-8-23-4-2-3-5-28(23)42-35(47)49/h2-7,18-19,21,25,31H,8-17,20,39H2,1H3,(H,40,41)(H,42,49)(H,43,50)/t31-/m1/s1. The first-order chi connectivity index (χ1) is 24.6. The monoisotopic (exact) mass is 821 g/mol. The summed E-state index contributed by atoms with van der Waals surface area (Å²) in [5.41, 5.74) is 11.6. The van der Waals surface area contributed by atoms with Crippen LogP contribution >= 0.6 is 31.9 Å². The molecule has 3 aliphatic rings. The van der Waals surface area contributed by atoms with Gasteiger partial charge in [0.15, 0.2) is 0 Å². The van der Waals surface area contributed by atoms with Crippen LogP contribution in [0, 0.1) is 0 Å². The van der Waals surface area contributed by atoms with E-state index in [0.717, 1.165) is 45.3 Å². The van der Waals surface area contributed by atoms with Gasteiger partial charge < -0.3 is 40.9 Å². The average Bonchev–Trinajstić information content (AvgIpc) is 3.47. The predicted molar refractivity (Wildman–Crippen MR) is 202 cm³/mol. The maximum Gasteiger partial charge on any atom is 0.426 e. The highest BCUT2D eigenvalue weighted by molar-refractivity contribution is 9.11. The first kappa shape index (κ1) is 35.2. The number of piperidine rings is 1. The second-order valence-electron chi connectivity index (χ2n) is 13.4. The molecular formula is C36H41Br2N9O4. The van der Waals surface area contributed by atoms with Crippen molar-refractivity contribution in [3.8, 4) is 0 Å². The number of hydroxylamine groups is 2. The lowest BCUT2D eigenvalue weighted by atomic mass is 10.0. The smallest absolute Gasteiger partial charge is 0.397 e. The maximum atomic E-state index is 13.5. The van der Waals surface area contributed by atoms with Gasteiger partial charge in [0.05, 0.1) is 22.8 Å². The number of rotatable bonds is 7. The van der Waals surface area contributed by atoms with Crippen LogP contribution in [0.4, 0.5) is 21.0 Å². The van der Waals surface area contributed by atoms with Crippen LogP contribution < -0.4 is 16.4 Å². The van der Waals surface area contributed by atoms with Crippen molar-refractivity contribution < 1.29 is 19.2 Å². The largest absolute Gasteiger partial charge is 0.426 e. The van der Waals surface area contributed by atoms with Gasteiger partial charge in [-0.25, -0.2) is 14.6 Å². The molecule has 2 saturated heterocycles. The number of nitrogens with two attached hydrogens (primary N) is 1. The van der Waals surface area contributed by atoms with E-state index in [1.807, 2.05) is 58.3 Å². The number of hydrogen-bond donors (Lipinski definition) is 4. The SMILES string of the molecule is CN1CCN(C(=O)c2ccc3nc([C@@H](Cc4cc(Br)c(N)c(Br)c4)NC(=O)ON4CCC(N5CCc6ccccc6NC5=O)CC4)[nH]c3c2)CC1. The molecule has 7 rings (SSSR count). The Balaban J connectivity index is 1.03. The Labute approximate surface area is 313 Å². The number of likely N-dealkylation sites (N-methyl/N-ethyl adjacent to an activating group) is 1. The lowest BCUT2D eigenvalue weighted by Gasteiger charge is -2.36. The number of anilines is 2. The van der Waals surface area contributed by atoms with Crippen molar-refractivity contribution in [2.24, 2.45) is 0 Å². The van der Waals surface area contributed by atoms with Gasteiger partial charge in [0, 0.05) is 78.5 Å². The van der Waals surface area contributed by atoms with Crippen molar-refractivity contribution in [1.82, 2.24) is 35.0 Å². The van der Waals surface area contributed by atoms with Crippen LogP contribution in [0.5, 0.6) is 0 Å². The highest BCUT2D eigenvalue weighted by Gasteiger charge is 2.32. The lowest BCUT2D eigenvalue weighted by molar-refractivity contribution is -0.120. The number of hydrogen-bond acceptors (Lipinski definition) is 8. The van der Waals surface area contributed by atoms with Gasteiger partial charge in [0.1, 0.15) is 5.82 Å². The Kier molecular flexibility index (Phi) is 10.5. The molecule has 4 heterocycles. The quantitative estimate of drug-likeness (QED) is 0.178. The molecule has 0 spiro atoms. The number of H-pyrrole nitrogens is 1. The number of nitrogens with zero attached hydrogens (tertiary/aromatic N) is 5. The zero-order valence-corrected chi connectivity index (χ0v) is 31.5. The molecule has 0 radical (unpaired) electrons.